The molecule has 2 aromatic rings. The highest BCUT2D eigenvalue weighted by atomic mass is 16.5. The number of rotatable bonds is 8. The largest absolute Gasteiger partial charge is 0.479 e. The lowest BCUT2D eigenvalue weighted by atomic mass is 9.98. The van der Waals surface area contributed by atoms with Crippen LogP contribution in [0.1, 0.15) is 43.7 Å². The second-order valence-corrected chi connectivity index (χ2v) is 9.12. The topological polar surface area (TPSA) is 114 Å². The van der Waals surface area contributed by atoms with Crippen molar-refractivity contribution >= 4 is 18.0 Å². The lowest BCUT2D eigenvalue weighted by Gasteiger charge is -2.24. The van der Waals surface area contributed by atoms with Crippen LogP contribution in [0.25, 0.3) is 11.1 Å². The van der Waals surface area contributed by atoms with Gasteiger partial charge in [-0.1, -0.05) is 62.4 Å². The fourth-order valence-corrected chi connectivity index (χ4v) is 4.69. The van der Waals surface area contributed by atoms with Gasteiger partial charge in [0, 0.05) is 25.0 Å². The van der Waals surface area contributed by atoms with Crippen LogP contribution in [-0.2, 0) is 19.1 Å². The molecule has 4 rings (SSSR count). The number of carboxylic acid groups (broad SMARTS) is 1. The first kappa shape index (κ1) is 23.8. The minimum atomic E-state index is -1.10. The first-order chi connectivity index (χ1) is 16.3. The van der Waals surface area contributed by atoms with E-state index in [1.165, 1.54) is 0 Å². The molecule has 34 heavy (non-hydrogen) atoms. The van der Waals surface area contributed by atoms with Crippen LogP contribution in [0, 0.1) is 5.92 Å². The van der Waals surface area contributed by atoms with Gasteiger partial charge in [-0.25, -0.2) is 9.59 Å². The molecule has 0 aromatic heterocycles. The van der Waals surface area contributed by atoms with E-state index in [2.05, 4.69) is 34.9 Å². The number of carbonyl (C=O) groups excluding carboxylic acids is 2. The molecule has 0 saturated carbocycles. The summed E-state index contributed by atoms with van der Waals surface area (Å²) in [5.74, 6) is -1.50. The predicted octanol–water partition coefficient (Wildman–Crippen LogP) is 3.30. The molecule has 2 amide bonds. The second kappa shape index (κ2) is 10.3. The van der Waals surface area contributed by atoms with Gasteiger partial charge >= 0.3 is 12.1 Å². The highest BCUT2D eigenvalue weighted by molar-refractivity contribution is 5.81. The Labute approximate surface area is 198 Å². The minimum Gasteiger partial charge on any atom is -0.479 e. The second-order valence-electron chi connectivity index (χ2n) is 9.12. The summed E-state index contributed by atoms with van der Waals surface area (Å²) in [6.07, 6.45) is -1.17. The SMILES string of the molecule is CC(C)[C@H](CC(=O)N[C@@H]1CCO[C@@H]1C(=O)O)NC(=O)OCC1c2ccccc2-c2ccccc21. The van der Waals surface area contributed by atoms with E-state index < -0.39 is 30.3 Å². The van der Waals surface area contributed by atoms with Crippen LogP contribution in [-0.4, -0.2) is 54.5 Å². The van der Waals surface area contributed by atoms with Crippen molar-refractivity contribution in [2.75, 3.05) is 13.2 Å². The molecule has 1 aliphatic heterocycles. The van der Waals surface area contributed by atoms with Crippen LogP contribution in [0.15, 0.2) is 48.5 Å². The number of carboxylic acids is 1. The summed E-state index contributed by atoms with van der Waals surface area (Å²) in [5, 5.41) is 14.7. The van der Waals surface area contributed by atoms with E-state index >= 15 is 0 Å². The third-order valence-corrected chi connectivity index (χ3v) is 6.54. The van der Waals surface area contributed by atoms with Crippen molar-refractivity contribution in [2.45, 2.75) is 50.8 Å². The fourth-order valence-electron chi connectivity index (χ4n) is 4.69. The zero-order chi connectivity index (χ0) is 24.2. The summed E-state index contributed by atoms with van der Waals surface area (Å²) < 4.78 is 10.8. The minimum absolute atomic E-state index is 0.0186. The molecule has 1 saturated heterocycles. The highest BCUT2D eigenvalue weighted by Crippen LogP contribution is 2.44. The first-order valence-corrected chi connectivity index (χ1v) is 11.6. The van der Waals surface area contributed by atoms with Crippen molar-refractivity contribution in [3.63, 3.8) is 0 Å². The molecule has 1 aliphatic carbocycles. The normalized spacial score (nSPS) is 19.9. The van der Waals surface area contributed by atoms with E-state index in [4.69, 9.17) is 9.47 Å². The summed E-state index contributed by atoms with van der Waals surface area (Å²) in [6.45, 7) is 4.28. The van der Waals surface area contributed by atoms with Crippen molar-refractivity contribution in [1.29, 1.82) is 0 Å². The molecule has 1 heterocycles. The van der Waals surface area contributed by atoms with E-state index in [9.17, 15) is 19.5 Å². The van der Waals surface area contributed by atoms with Gasteiger partial charge in [-0.15, -0.1) is 0 Å². The fraction of sp³-hybridized carbons (Fsp3) is 0.423. The van der Waals surface area contributed by atoms with E-state index in [-0.39, 0.29) is 37.4 Å². The molecular weight excluding hydrogens is 436 g/mol. The summed E-state index contributed by atoms with van der Waals surface area (Å²) in [6, 6.07) is 15.2. The van der Waals surface area contributed by atoms with Crippen molar-refractivity contribution < 1.29 is 29.0 Å². The molecule has 0 spiro atoms. The number of nitrogens with one attached hydrogen (secondary N) is 2. The van der Waals surface area contributed by atoms with Gasteiger partial charge in [0.1, 0.15) is 6.61 Å². The average molecular weight is 467 g/mol. The van der Waals surface area contributed by atoms with Crippen LogP contribution in [0.2, 0.25) is 0 Å². The van der Waals surface area contributed by atoms with E-state index in [0.717, 1.165) is 22.3 Å². The van der Waals surface area contributed by atoms with E-state index in [0.29, 0.717) is 6.42 Å². The number of aliphatic carboxylic acids is 1. The standard InChI is InChI=1S/C26H30N2O6/c1-15(2)22(13-23(29)27-21-11-12-33-24(21)25(30)31)28-26(32)34-14-20-18-9-5-3-7-16(18)17-8-4-6-10-19(17)20/h3-10,15,20-22,24H,11-14H2,1-2H3,(H,27,29)(H,28,32)(H,30,31)/t21-,22+,24+/m1/s1. The maximum atomic E-state index is 12.6. The zero-order valence-electron chi connectivity index (χ0n) is 19.3. The number of alkyl carbamates (subject to hydrolysis) is 1. The molecule has 2 aliphatic rings. The number of amides is 2. The van der Waals surface area contributed by atoms with E-state index in [1.807, 2.05) is 38.1 Å². The lowest BCUT2D eigenvalue weighted by molar-refractivity contribution is -0.148. The van der Waals surface area contributed by atoms with Gasteiger partial charge in [-0.3, -0.25) is 4.79 Å². The van der Waals surface area contributed by atoms with Gasteiger partial charge in [0.05, 0.1) is 6.04 Å². The molecular formula is C26H30N2O6. The summed E-state index contributed by atoms with van der Waals surface area (Å²) >= 11 is 0. The number of fused-ring (bicyclic) bond motifs is 3. The maximum absolute atomic E-state index is 12.6. The Bertz CT molecular complexity index is 1020. The third kappa shape index (κ3) is 5.07. The molecule has 3 N–H and O–H groups in total. The monoisotopic (exact) mass is 466 g/mol. The van der Waals surface area contributed by atoms with Gasteiger partial charge in [0.2, 0.25) is 5.91 Å². The summed E-state index contributed by atoms with van der Waals surface area (Å²) in [7, 11) is 0. The summed E-state index contributed by atoms with van der Waals surface area (Å²) in [4.78, 5) is 36.5. The van der Waals surface area contributed by atoms with Gasteiger partial charge in [-0.05, 0) is 34.6 Å². The number of benzene rings is 2. The smallest absolute Gasteiger partial charge is 0.407 e. The van der Waals surface area contributed by atoms with Crippen molar-refractivity contribution in [2.24, 2.45) is 5.92 Å². The maximum Gasteiger partial charge on any atom is 0.407 e. The average Bonchev–Trinajstić information content (AvgIpc) is 3.40. The predicted molar refractivity (Wildman–Crippen MR) is 125 cm³/mol. The van der Waals surface area contributed by atoms with Crippen molar-refractivity contribution in [3.8, 4) is 11.1 Å². The lowest BCUT2D eigenvalue weighted by Crippen LogP contribution is -2.47. The Morgan fingerprint density at radius 1 is 1.06 bits per heavy atom. The van der Waals surface area contributed by atoms with E-state index in [1.54, 1.807) is 0 Å². The van der Waals surface area contributed by atoms with Gasteiger partial charge in [-0.2, -0.15) is 0 Å². The Morgan fingerprint density at radius 2 is 1.68 bits per heavy atom. The van der Waals surface area contributed by atoms with Crippen LogP contribution in [0.4, 0.5) is 4.79 Å². The molecule has 3 atom stereocenters. The van der Waals surface area contributed by atoms with Crippen LogP contribution in [0.5, 0.6) is 0 Å². The Balaban J connectivity index is 1.34. The molecule has 1 fully saturated rings. The number of carbonyl (C=O) groups is 3. The third-order valence-electron chi connectivity index (χ3n) is 6.54. The highest BCUT2D eigenvalue weighted by Gasteiger charge is 2.36. The van der Waals surface area contributed by atoms with Gasteiger partial charge in [0.25, 0.3) is 0 Å². The molecule has 0 radical (unpaired) electrons. The van der Waals surface area contributed by atoms with Crippen LogP contribution < -0.4 is 10.6 Å². The van der Waals surface area contributed by atoms with Gasteiger partial charge < -0.3 is 25.2 Å². The van der Waals surface area contributed by atoms with Crippen molar-refractivity contribution in [3.05, 3.63) is 59.7 Å². The Morgan fingerprint density at radius 3 is 2.26 bits per heavy atom. The van der Waals surface area contributed by atoms with Crippen LogP contribution >= 0.6 is 0 Å². The molecule has 8 heteroatoms. The Hall–Kier alpha value is -3.39. The zero-order valence-corrected chi connectivity index (χ0v) is 19.3. The van der Waals surface area contributed by atoms with Crippen molar-refractivity contribution in [1.82, 2.24) is 10.6 Å². The van der Waals surface area contributed by atoms with Gasteiger partial charge in [0.15, 0.2) is 6.10 Å². The molecule has 180 valence electrons. The molecule has 2 aromatic carbocycles. The molecule has 0 bridgehead atoms. The first-order valence-electron chi connectivity index (χ1n) is 11.6. The van der Waals surface area contributed by atoms with Crippen LogP contribution in [0.3, 0.4) is 0 Å². The summed E-state index contributed by atoms with van der Waals surface area (Å²) in [5.41, 5.74) is 4.56. The number of ether oxygens (including phenoxy) is 2. The number of hydrogen-bond acceptors (Lipinski definition) is 5. The number of hydrogen-bond donors (Lipinski definition) is 3. The Kier molecular flexibility index (Phi) is 7.17. The molecule has 0 unspecified atom stereocenters. The molecule has 8 nitrogen and oxygen atoms in total. The quantitative estimate of drug-likeness (QED) is 0.550.